The van der Waals surface area contributed by atoms with Crippen LogP contribution < -0.4 is 11.1 Å². The molecule has 0 amide bonds. The molecule has 1 aromatic heterocycles. The van der Waals surface area contributed by atoms with Gasteiger partial charge in [-0.15, -0.1) is 12.4 Å². The SMILES string of the molecule is Cl.NC1CCC[C@H](Nc2cc(C(F)(F)F)nc3ccc(Cl)cc23)C1. The van der Waals surface area contributed by atoms with Gasteiger partial charge < -0.3 is 11.1 Å². The van der Waals surface area contributed by atoms with Crippen LogP contribution in [-0.2, 0) is 6.18 Å². The maximum atomic E-state index is 13.1. The Morgan fingerprint density at radius 2 is 1.96 bits per heavy atom. The number of fused-ring (bicyclic) bond motifs is 1. The minimum absolute atomic E-state index is 0. The van der Waals surface area contributed by atoms with E-state index in [0.717, 1.165) is 31.7 Å². The van der Waals surface area contributed by atoms with Crippen molar-refractivity contribution < 1.29 is 13.2 Å². The Labute approximate surface area is 149 Å². The smallest absolute Gasteiger partial charge is 0.382 e. The molecule has 3 nitrogen and oxygen atoms in total. The summed E-state index contributed by atoms with van der Waals surface area (Å²) in [6.07, 6.45) is -0.942. The number of aromatic nitrogens is 1. The van der Waals surface area contributed by atoms with Crippen LogP contribution in [0.3, 0.4) is 0 Å². The fourth-order valence-electron chi connectivity index (χ4n) is 3.04. The highest BCUT2D eigenvalue weighted by Gasteiger charge is 2.33. The molecule has 1 aliphatic rings. The van der Waals surface area contributed by atoms with Gasteiger partial charge in [0.25, 0.3) is 0 Å². The number of hydrogen-bond donors (Lipinski definition) is 2. The highest BCUT2D eigenvalue weighted by atomic mass is 35.5. The van der Waals surface area contributed by atoms with Crippen molar-refractivity contribution in [2.24, 2.45) is 5.73 Å². The predicted octanol–water partition coefficient (Wildman–Crippen LogP) is 5.01. The second kappa shape index (κ2) is 7.33. The third kappa shape index (κ3) is 4.23. The third-order valence-corrected chi connectivity index (χ3v) is 4.37. The number of nitrogens with two attached hydrogens (primary N) is 1. The van der Waals surface area contributed by atoms with Gasteiger partial charge in [0, 0.05) is 28.2 Å². The van der Waals surface area contributed by atoms with Gasteiger partial charge in [-0.1, -0.05) is 11.6 Å². The molecule has 8 heteroatoms. The first-order valence-electron chi connectivity index (χ1n) is 7.52. The van der Waals surface area contributed by atoms with E-state index in [1.807, 2.05) is 0 Å². The summed E-state index contributed by atoms with van der Waals surface area (Å²) in [4.78, 5) is 3.71. The normalized spacial score (nSPS) is 21.4. The minimum Gasteiger partial charge on any atom is -0.382 e. The maximum Gasteiger partial charge on any atom is 0.433 e. The molecular formula is C16H18Cl2F3N3. The quantitative estimate of drug-likeness (QED) is 0.770. The minimum atomic E-state index is -4.49. The molecule has 0 spiro atoms. The topological polar surface area (TPSA) is 50.9 Å². The Morgan fingerprint density at radius 1 is 1.21 bits per heavy atom. The number of anilines is 1. The molecule has 3 rings (SSSR count). The summed E-state index contributed by atoms with van der Waals surface area (Å²) in [6, 6.07) is 5.88. The second-order valence-electron chi connectivity index (χ2n) is 5.98. The first kappa shape index (κ1) is 19.1. The summed E-state index contributed by atoms with van der Waals surface area (Å²) in [5.41, 5.74) is 5.73. The Morgan fingerprint density at radius 3 is 2.62 bits per heavy atom. The third-order valence-electron chi connectivity index (χ3n) is 4.14. The van der Waals surface area contributed by atoms with Crippen molar-refractivity contribution in [3.05, 3.63) is 35.0 Å². The van der Waals surface area contributed by atoms with Crippen LogP contribution in [0.4, 0.5) is 18.9 Å². The maximum absolute atomic E-state index is 13.1. The highest BCUT2D eigenvalue weighted by molar-refractivity contribution is 6.31. The first-order chi connectivity index (χ1) is 10.8. The van der Waals surface area contributed by atoms with Gasteiger partial charge in [0.1, 0.15) is 5.69 Å². The number of hydrogen-bond acceptors (Lipinski definition) is 3. The molecule has 0 aliphatic heterocycles. The zero-order valence-electron chi connectivity index (χ0n) is 12.7. The van der Waals surface area contributed by atoms with Gasteiger partial charge in [0.15, 0.2) is 0 Å². The van der Waals surface area contributed by atoms with E-state index in [0.29, 0.717) is 16.1 Å². The second-order valence-corrected chi connectivity index (χ2v) is 6.42. The lowest BCUT2D eigenvalue weighted by atomic mass is 9.91. The van der Waals surface area contributed by atoms with Crippen LogP contribution in [-0.4, -0.2) is 17.1 Å². The summed E-state index contributed by atoms with van der Waals surface area (Å²) in [5.74, 6) is 0. The van der Waals surface area contributed by atoms with Crippen LogP contribution >= 0.6 is 24.0 Å². The molecule has 132 valence electrons. The average Bonchev–Trinajstić information content (AvgIpc) is 2.46. The van der Waals surface area contributed by atoms with E-state index in [2.05, 4.69) is 10.3 Å². The van der Waals surface area contributed by atoms with Crippen LogP contribution in [0.25, 0.3) is 10.9 Å². The van der Waals surface area contributed by atoms with Gasteiger partial charge >= 0.3 is 6.18 Å². The van der Waals surface area contributed by atoms with Gasteiger partial charge in [-0.05, 0) is 49.9 Å². The van der Waals surface area contributed by atoms with E-state index < -0.39 is 11.9 Å². The van der Waals surface area contributed by atoms with Crippen molar-refractivity contribution in [3.63, 3.8) is 0 Å². The Hall–Kier alpha value is -1.24. The largest absolute Gasteiger partial charge is 0.433 e. The van der Waals surface area contributed by atoms with E-state index in [1.165, 1.54) is 12.1 Å². The van der Waals surface area contributed by atoms with E-state index in [-0.39, 0.29) is 30.0 Å². The molecule has 1 saturated carbocycles. The van der Waals surface area contributed by atoms with Crippen molar-refractivity contribution in [2.75, 3.05) is 5.32 Å². The highest BCUT2D eigenvalue weighted by Crippen LogP contribution is 2.35. The van der Waals surface area contributed by atoms with Gasteiger partial charge in [-0.25, -0.2) is 4.98 Å². The van der Waals surface area contributed by atoms with Gasteiger partial charge in [0.05, 0.1) is 5.52 Å². The van der Waals surface area contributed by atoms with E-state index >= 15 is 0 Å². The fourth-order valence-corrected chi connectivity index (χ4v) is 3.21. The number of nitrogens with one attached hydrogen (secondary N) is 1. The standard InChI is InChI=1S/C16H17ClF3N3.ClH/c17-9-4-5-13-12(6-9)14(8-15(23-13)16(18,19)20)22-11-3-1-2-10(21)7-11;/h4-6,8,10-11H,1-3,7,21H2,(H,22,23);1H/t10?,11-;/m0./s1. The lowest BCUT2D eigenvalue weighted by Crippen LogP contribution is -2.35. The molecule has 1 fully saturated rings. The zero-order valence-corrected chi connectivity index (χ0v) is 14.3. The van der Waals surface area contributed by atoms with Crippen molar-refractivity contribution in [3.8, 4) is 0 Å². The molecule has 0 bridgehead atoms. The van der Waals surface area contributed by atoms with Crippen LogP contribution in [0, 0.1) is 0 Å². The molecular weight excluding hydrogens is 362 g/mol. The summed E-state index contributed by atoms with van der Waals surface area (Å²) in [5, 5.41) is 4.26. The van der Waals surface area contributed by atoms with Crippen LogP contribution in [0.15, 0.2) is 24.3 Å². The average molecular weight is 380 g/mol. The number of alkyl halides is 3. The number of rotatable bonds is 2. The lowest BCUT2D eigenvalue weighted by molar-refractivity contribution is -0.140. The summed E-state index contributed by atoms with van der Waals surface area (Å²) in [7, 11) is 0. The molecule has 1 aromatic carbocycles. The molecule has 2 aromatic rings. The zero-order chi connectivity index (χ0) is 16.6. The van der Waals surface area contributed by atoms with Crippen molar-refractivity contribution in [2.45, 2.75) is 43.9 Å². The lowest BCUT2D eigenvalue weighted by Gasteiger charge is -2.28. The van der Waals surface area contributed by atoms with Crippen LogP contribution in [0.1, 0.15) is 31.4 Å². The van der Waals surface area contributed by atoms with Gasteiger partial charge in [-0.2, -0.15) is 13.2 Å². The summed E-state index contributed by atoms with van der Waals surface area (Å²) >= 11 is 5.99. The van der Waals surface area contributed by atoms with Crippen molar-refractivity contribution >= 4 is 40.6 Å². The number of benzene rings is 1. The Bertz CT molecular complexity index is 722. The van der Waals surface area contributed by atoms with E-state index in [1.54, 1.807) is 6.07 Å². The molecule has 1 heterocycles. The molecule has 2 atom stereocenters. The number of nitrogens with zero attached hydrogens (tertiary/aromatic N) is 1. The molecule has 3 N–H and O–H groups in total. The van der Waals surface area contributed by atoms with E-state index in [4.69, 9.17) is 17.3 Å². The Kier molecular flexibility index (Phi) is 5.83. The first-order valence-corrected chi connectivity index (χ1v) is 7.90. The number of pyridine rings is 1. The van der Waals surface area contributed by atoms with E-state index in [9.17, 15) is 13.2 Å². The fraction of sp³-hybridized carbons (Fsp3) is 0.438. The van der Waals surface area contributed by atoms with Gasteiger partial charge in [0.2, 0.25) is 0 Å². The van der Waals surface area contributed by atoms with Crippen molar-refractivity contribution in [1.82, 2.24) is 4.98 Å². The predicted molar refractivity (Wildman–Crippen MR) is 92.9 cm³/mol. The molecule has 0 radical (unpaired) electrons. The van der Waals surface area contributed by atoms with Crippen LogP contribution in [0.2, 0.25) is 5.02 Å². The summed E-state index contributed by atoms with van der Waals surface area (Å²) in [6.45, 7) is 0. The molecule has 1 unspecified atom stereocenters. The number of halogens is 5. The molecule has 0 saturated heterocycles. The summed E-state index contributed by atoms with van der Waals surface area (Å²) < 4.78 is 39.2. The van der Waals surface area contributed by atoms with Gasteiger partial charge in [-0.3, -0.25) is 0 Å². The molecule has 1 aliphatic carbocycles. The van der Waals surface area contributed by atoms with Crippen LogP contribution in [0.5, 0.6) is 0 Å². The molecule has 24 heavy (non-hydrogen) atoms. The van der Waals surface area contributed by atoms with Crippen molar-refractivity contribution in [1.29, 1.82) is 0 Å². The Balaban J connectivity index is 0.00000208. The monoisotopic (exact) mass is 379 g/mol.